The maximum absolute atomic E-state index is 11.3. The standard InChI is InChI=1S/C15H29O4.3C4H9.Sn/c1-4-5-6-10-13-19-15(18-3)12-9-7-8-11-14(16)17-2;3*1-3-4-2;/h13,15H,4-12H2,1-3H3;3*1,3-4H2,2H3;. The van der Waals surface area contributed by atoms with E-state index in [0.717, 1.165) is 25.7 Å². The molecule has 0 saturated heterocycles. The van der Waals surface area contributed by atoms with Crippen LogP contribution in [0.4, 0.5) is 0 Å². The Labute approximate surface area is 204 Å². The molecule has 0 bridgehead atoms. The summed E-state index contributed by atoms with van der Waals surface area (Å²) in [5.41, 5.74) is 0. The van der Waals surface area contributed by atoms with Crippen LogP contribution in [0, 0.1) is 0 Å². The third-order valence-corrected chi connectivity index (χ3v) is 23.6. The minimum absolute atomic E-state index is 0.0966. The van der Waals surface area contributed by atoms with Crippen molar-refractivity contribution in [2.45, 2.75) is 148 Å². The average molecular weight is 563 g/mol. The number of hydrogen-bond acceptors (Lipinski definition) is 4. The van der Waals surface area contributed by atoms with Crippen LogP contribution in [0.25, 0.3) is 0 Å². The van der Waals surface area contributed by atoms with E-state index in [9.17, 15) is 4.79 Å². The van der Waals surface area contributed by atoms with Gasteiger partial charge in [0.25, 0.3) is 0 Å². The van der Waals surface area contributed by atoms with E-state index >= 15 is 0 Å². The fourth-order valence-electron chi connectivity index (χ4n) is 4.83. The van der Waals surface area contributed by atoms with Gasteiger partial charge in [0.1, 0.15) is 0 Å². The van der Waals surface area contributed by atoms with Gasteiger partial charge in [-0.1, -0.05) is 0 Å². The Hall–Kier alpha value is 0.189. The molecule has 2 unspecified atom stereocenters. The monoisotopic (exact) mass is 564 g/mol. The van der Waals surface area contributed by atoms with Gasteiger partial charge in [0.2, 0.25) is 0 Å². The number of rotatable bonds is 23. The van der Waals surface area contributed by atoms with Gasteiger partial charge < -0.3 is 0 Å². The van der Waals surface area contributed by atoms with Crippen molar-refractivity contribution in [3.63, 3.8) is 0 Å². The Morgan fingerprint density at radius 1 is 0.688 bits per heavy atom. The number of carbonyl (C=O) groups is 1. The molecule has 0 saturated carbocycles. The molecular weight excluding hydrogens is 507 g/mol. The normalized spacial score (nSPS) is 13.8. The minimum atomic E-state index is -2.49. The summed E-state index contributed by atoms with van der Waals surface area (Å²) in [7, 11) is 3.27. The Morgan fingerprint density at radius 2 is 1.22 bits per heavy atom. The van der Waals surface area contributed by atoms with Crippen LogP contribution in [-0.2, 0) is 19.0 Å². The number of hydrogen-bond donors (Lipinski definition) is 0. The Balaban J connectivity index is 5.30. The molecule has 0 spiro atoms. The van der Waals surface area contributed by atoms with Crippen molar-refractivity contribution in [2.24, 2.45) is 0 Å². The second-order valence-corrected chi connectivity index (χ2v) is 23.5. The third-order valence-electron chi connectivity index (χ3n) is 6.96. The summed E-state index contributed by atoms with van der Waals surface area (Å²) in [4.78, 5) is 11.3. The molecule has 4 nitrogen and oxygen atoms in total. The van der Waals surface area contributed by atoms with Gasteiger partial charge in [-0.2, -0.15) is 0 Å². The molecule has 5 heteroatoms. The van der Waals surface area contributed by atoms with Crippen LogP contribution >= 0.6 is 0 Å². The Morgan fingerprint density at radius 3 is 1.69 bits per heavy atom. The van der Waals surface area contributed by atoms with Crippen LogP contribution < -0.4 is 0 Å². The predicted molar refractivity (Wildman–Crippen MR) is 140 cm³/mol. The number of carbonyl (C=O) groups excluding carboxylic acids is 1. The number of esters is 1. The van der Waals surface area contributed by atoms with Gasteiger partial charge in [-0.25, -0.2) is 0 Å². The van der Waals surface area contributed by atoms with E-state index < -0.39 is 18.4 Å². The van der Waals surface area contributed by atoms with E-state index in [0.29, 0.717) is 10.5 Å². The summed E-state index contributed by atoms with van der Waals surface area (Å²) in [6.45, 7) is 9.32. The quantitative estimate of drug-likeness (QED) is 0.0542. The van der Waals surface area contributed by atoms with Crippen LogP contribution in [0.1, 0.15) is 124 Å². The zero-order valence-electron chi connectivity index (χ0n) is 22.5. The first-order chi connectivity index (χ1) is 15.5. The van der Waals surface area contributed by atoms with Crippen molar-refractivity contribution in [1.29, 1.82) is 0 Å². The van der Waals surface area contributed by atoms with Crippen LogP contribution in [-0.4, -0.2) is 49.0 Å². The van der Waals surface area contributed by atoms with Gasteiger partial charge in [0, 0.05) is 0 Å². The van der Waals surface area contributed by atoms with Crippen LogP contribution in [0.3, 0.4) is 0 Å². The molecular formula is C27H56O4Sn. The van der Waals surface area contributed by atoms with Gasteiger partial charge in [0.15, 0.2) is 0 Å². The molecule has 0 fully saturated rings. The van der Waals surface area contributed by atoms with Crippen LogP contribution in [0.15, 0.2) is 0 Å². The summed E-state index contributed by atoms with van der Waals surface area (Å²) in [5, 5.41) is 0. The Bertz CT molecular complexity index is 408. The summed E-state index contributed by atoms with van der Waals surface area (Å²) < 4.78 is 22.5. The zero-order valence-corrected chi connectivity index (χ0v) is 25.4. The third kappa shape index (κ3) is 14.5. The van der Waals surface area contributed by atoms with Crippen molar-refractivity contribution in [3.05, 3.63) is 0 Å². The van der Waals surface area contributed by atoms with E-state index in [1.807, 2.05) is 7.11 Å². The number of unbranched alkanes of at least 4 members (excludes halogenated alkanes) is 7. The van der Waals surface area contributed by atoms with Crippen molar-refractivity contribution >= 4 is 24.3 Å². The molecule has 0 N–H and O–H groups in total. The molecule has 192 valence electrons. The molecule has 0 aliphatic carbocycles. The topological polar surface area (TPSA) is 44.8 Å². The fourth-order valence-corrected chi connectivity index (χ4v) is 22.4. The van der Waals surface area contributed by atoms with Gasteiger partial charge >= 0.3 is 205 Å². The Kier molecular flexibility index (Phi) is 21.8. The molecule has 0 radical (unpaired) electrons. The molecule has 0 aliphatic rings. The molecule has 0 aliphatic heterocycles. The molecule has 0 rings (SSSR count). The van der Waals surface area contributed by atoms with Gasteiger partial charge in [-0.05, 0) is 0 Å². The van der Waals surface area contributed by atoms with Crippen LogP contribution in [0.2, 0.25) is 13.3 Å². The summed E-state index contributed by atoms with van der Waals surface area (Å²) in [6.07, 6.45) is 17.4. The van der Waals surface area contributed by atoms with Crippen molar-refractivity contribution in [1.82, 2.24) is 0 Å². The summed E-state index contributed by atoms with van der Waals surface area (Å²) in [5.74, 6) is -0.109. The van der Waals surface area contributed by atoms with Gasteiger partial charge in [-0.15, -0.1) is 0 Å². The SMILES string of the molecule is CCCCC[CH](OC(CCCCCC(=O)OC)OC)[Sn]([CH2]CCC)([CH2]CCC)[CH2]CCC. The second-order valence-electron chi connectivity index (χ2n) is 9.63. The molecule has 32 heavy (non-hydrogen) atoms. The maximum atomic E-state index is 11.3. The molecule has 0 aromatic carbocycles. The fraction of sp³-hybridized carbons (Fsp3) is 0.963. The number of methoxy groups -OCH3 is 2. The molecule has 0 aromatic heterocycles. The molecule has 2 atom stereocenters. The molecule has 0 heterocycles. The van der Waals surface area contributed by atoms with E-state index in [2.05, 4.69) is 27.7 Å². The number of ether oxygens (including phenoxy) is 3. The second kappa shape index (κ2) is 21.7. The first-order valence-electron chi connectivity index (χ1n) is 13.8. The summed E-state index contributed by atoms with van der Waals surface area (Å²) >= 11 is -2.49. The van der Waals surface area contributed by atoms with E-state index in [4.69, 9.17) is 14.2 Å². The van der Waals surface area contributed by atoms with E-state index in [-0.39, 0.29) is 12.3 Å². The van der Waals surface area contributed by atoms with E-state index in [1.165, 1.54) is 84.6 Å². The molecule has 0 aromatic rings. The van der Waals surface area contributed by atoms with Crippen molar-refractivity contribution in [3.8, 4) is 0 Å². The van der Waals surface area contributed by atoms with Crippen LogP contribution in [0.5, 0.6) is 0 Å². The van der Waals surface area contributed by atoms with E-state index in [1.54, 1.807) is 0 Å². The predicted octanol–water partition coefficient (Wildman–Crippen LogP) is 8.44. The zero-order chi connectivity index (χ0) is 24.1. The first kappa shape index (κ1) is 32.2. The first-order valence-corrected chi connectivity index (χ1v) is 21.5. The molecule has 0 amide bonds. The average Bonchev–Trinajstić information content (AvgIpc) is 2.81. The summed E-state index contributed by atoms with van der Waals surface area (Å²) in [6, 6.07) is 0. The van der Waals surface area contributed by atoms with Crippen molar-refractivity contribution < 1.29 is 19.0 Å². The van der Waals surface area contributed by atoms with Crippen molar-refractivity contribution in [2.75, 3.05) is 14.2 Å². The van der Waals surface area contributed by atoms with Gasteiger partial charge in [-0.3, -0.25) is 0 Å². The van der Waals surface area contributed by atoms with Gasteiger partial charge in [0.05, 0.1) is 0 Å².